The first-order valence-corrected chi connectivity index (χ1v) is 9.96. The summed E-state index contributed by atoms with van der Waals surface area (Å²) in [5.41, 5.74) is 4.78. The lowest BCUT2D eigenvalue weighted by molar-refractivity contribution is -0.116. The number of hydrogen-bond donors (Lipinski definition) is 2. The van der Waals surface area contributed by atoms with Crippen LogP contribution in [0.1, 0.15) is 54.1 Å². The van der Waals surface area contributed by atoms with Crippen LogP contribution in [-0.4, -0.2) is 5.91 Å². The van der Waals surface area contributed by atoms with Gasteiger partial charge in [-0.25, -0.2) is 0 Å². The number of thiophene rings is 1. The molecule has 1 aromatic carbocycles. The van der Waals surface area contributed by atoms with Crippen molar-refractivity contribution in [2.45, 2.75) is 45.1 Å². The van der Waals surface area contributed by atoms with Crippen LogP contribution in [0, 0.1) is 12.8 Å². The molecule has 0 radical (unpaired) electrons. The lowest BCUT2D eigenvalue weighted by Gasteiger charge is -2.37. The monoisotopic (exact) mass is 352 g/mol. The van der Waals surface area contributed by atoms with Crippen molar-refractivity contribution in [3.8, 4) is 0 Å². The molecule has 3 nitrogen and oxygen atoms in total. The second-order valence-electron chi connectivity index (χ2n) is 7.04. The van der Waals surface area contributed by atoms with Crippen LogP contribution >= 0.6 is 11.3 Å². The van der Waals surface area contributed by atoms with E-state index < -0.39 is 0 Å². The van der Waals surface area contributed by atoms with Gasteiger partial charge in [-0.3, -0.25) is 4.79 Å². The Hall–Kier alpha value is -2.07. The molecular weight excluding hydrogens is 328 g/mol. The third-order valence-electron chi connectivity index (χ3n) is 5.31. The van der Waals surface area contributed by atoms with Crippen LogP contribution in [0.5, 0.6) is 0 Å². The minimum atomic E-state index is 0.0943. The molecule has 1 amide bonds. The van der Waals surface area contributed by atoms with Crippen molar-refractivity contribution in [1.82, 2.24) is 0 Å². The zero-order chi connectivity index (χ0) is 17.4. The number of nitrogens with one attached hydrogen (secondary N) is 2. The van der Waals surface area contributed by atoms with Gasteiger partial charge in [-0.05, 0) is 66.5 Å². The molecule has 130 valence electrons. The van der Waals surface area contributed by atoms with Gasteiger partial charge in [0.25, 0.3) is 0 Å². The molecule has 0 saturated heterocycles. The molecule has 2 aliphatic rings. The van der Waals surface area contributed by atoms with Crippen LogP contribution in [-0.2, 0) is 4.79 Å². The smallest absolute Gasteiger partial charge is 0.224 e. The number of rotatable bonds is 4. The van der Waals surface area contributed by atoms with Crippen LogP contribution in [0.3, 0.4) is 0 Å². The third kappa shape index (κ3) is 2.99. The average Bonchev–Trinajstić information content (AvgIpc) is 3.23. The molecule has 1 aromatic heterocycles. The number of amides is 1. The van der Waals surface area contributed by atoms with E-state index in [1.54, 1.807) is 0 Å². The largest absolute Gasteiger partial charge is 0.377 e. The summed E-state index contributed by atoms with van der Waals surface area (Å²) in [6, 6.07) is 8.86. The lowest BCUT2D eigenvalue weighted by Crippen LogP contribution is -2.29. The standard InChI is InChI=1S/C21H24N2OS/c1-3-5-19(24)22-14-8-9-18-17(12-14)15-6-4-7-16(15)20(23-18)21-13(2)10-11-25-21/h4,6,8-12,15-16,20,23H,3,5,7H2,1-2H3,(H,22,24). The number of fused-ring (bicyclic) bond motifs is 3. The van der Waals surface area contributed by atoms with Gasteiger partial charge in [-0.1, -0.05) is 19.1 Å². The Labute approximate surface area is 153 Å². The quantitative estimate of drug-likeness (QED) is 0.701. The molecule has 1 aliphatic heterocycles. The fourth-order valence-electron chi connectivity index (χ4n) is 4.09. The van der Waals surface area contributed by atoms with Crippen LogP contribution in [0.2, 0.25) is 0 Å². The van der Waals surface area contributed by atoms with Crippen LogP contribution in [0.15, 0.2) is 41.8 Å². The van der Waals surface area contributed by atoms with E-state index in [9.17, 15) is 4.79 Å². The van der Waals surface area contributed by atoms with Crippen LogP contribution in [0.4, 0.5) is 11.4 Å². The minimum Gasteiger partial charge on any atom is -0.377 e. The minimum absolute atomic E-state index is 0.0943. The Morgan fingerprint density at radius 2 is 2.24 bits per heavy atom. The summed E-state index contributed by atoms with van der Waals surface area (Å²) in [5.74, 6) is 1.06. The topological polar surface area (TPSA) is 41.1 Å². The summed E-state index contributed by atoms with van der Waals surface area (Å²) in [6.45, 7) is 4.23. The zero-order valence-electron chi connectivity index (χ0n) is 14.7. The van der Waals surface area contributed by atoms with Crippen molar-refractivity contribution < 1.29 is 4.79 Å². The normalized spacial score (nSPS) is 23.7. The van der Waals surface area contributed by atoms with Crippen molar-refractivity contribution in [3.05, 3.63) is 57.8 Å². The molecule has 2 aromatic rings. The number of carbonyl (C=O) groups is 1. The molecule has 0 spiro atoms. The Morgan fingerprint density at radius 1 is 1.36 bits per heavy atom. The first kappa shape index (κ1) is 16.4. The summed E-state index contributed by atoms with van der Waals surface area (Å²) < 4.78 is 0. The maximum atomic E-state index is 11.9. The van der Waals surface area contributed by atoms with Gasteiger partial charge >= 0.3 is 0 Å². The fraction of sp³-hybridized carbons (Fsp3) is 0.381. The maximum Gasteiger partial charge on any atom is 0.224 e. The fourth-order valence-corrected chi connectivity index (χ4v) is 5.14. The molecule has 1 aliphatic carbocycles. The molecule has 3 atom stereocenters. The van der Waals surface area contributed by atoms with Gasteiger partial charge in [0.1, 0.15) is 0 Å². The molecule has 25 heavy (non-hydrogen) atoms. The van der Waals surface area contributed by atoms with Crippen molar-refractivity contribution in [2.75, 3.05) is 10.6 Å². The van der Waals surface area contributed by atoms with Gasteiger partial charge in [0.2, 0.25) is 5.91 Å². The maximum absolute atomic E-state index is 11.9. The van der Waals surface area contributed by atoms with E-state index >= 15 is 0 Å². The number of hydrogen-bond acceptors (Lipinski definition) is 3. The Kier molecular flexibility index (Phi) is 4.38. The molecular formula is C21H24N2OS. The average molecular weight is 353 g/mol. The Morgan fingerprint density at radius 3 is 3.00 bits per heavy atom. The SMILES string of the molecule is CCCC(=O)Nc1ccc2c(c1)C1C=CCC1C(c1sccc1C)N2. The molecule has 2 N–H and O–H groups in total. The summed E-state index contributed by atoms with van der Waals surface area (Å²) in [6.07, 6.45) is 7.20. The Balaban J connectivity index is 1.66. The highest BCUT2D eigenvalue weighted by molar-refractivity contribution is 7.10. The van der Waals surface area contributed by atoms with Crippen LogP contribution in [0.25, 0.3) is 0 Å². The second kappa shape index (κ2) is 6.68. The molecule has 2 heterocycles. The van der Waals surface area contributed by atoms with Gasteiger partial charge in [0.05, 0.1) is 6.04 Å². The van der Waals surface area contributed by atoms with Crippen LogP contribution < -0.4 is 10.6 Å². The number of carbonyl (C=O) groups excluding carboxylic acids is 1. The number of aryl methyl sites for hydroxylation is 1. The van der Waals surface area contributed by atoms with E-state index in [0.29, 0.717) is 24.3 Å². The summed E-state index contributed by atoms with van der Waals surface area (Å²) >= 11 is 1.85. The number of allylic oxidation sites excluding steroid dienone is 2. The van der Waals surface area contributed by atoms with Gasteiger partial charge in [-0.2, -0.15) is 0 Å². The van der Waals surface area contributed by atoms with Crippen molar-refractivity contribution in [3.63, 3.8) is 0 Å². The van der Waals surface area contributed by atoms with Gasteiger partial charge in [0, 0.05) is 28.6 Å². The summed E-state index contributed by atoms with van der Waals surface area (Å²) in [5, 5.41) is 8.99. The van der Waals surface area contributed by atoms with E-state index in [1.165, 1.54) is 21.7 Å². The first-order valence-electron chi connectivity index (χ1n) is 9.08. The van der Waals surface area contributed by atoms with E-state index in [0.717, 1.165) is 18.5 Å². The molecule has 0 fully saturated rings. The van der Waals surface area contributed by atoms with Gasteiger partial charge in [-0.15, -0.1) is 11.3 Å². The molecule has 3 unspecified atom stereocenters. The Bertz CT molecular complexity index is 823. The summed E-state index contributed by atoms with van der Waals surface area (Å²) in [7, 11) is 0. The molecule has 0 saturated carbocycles. The number of anilines is 2. The van der Waals surface area contributed by atoms with Crippen molar-refractivity contribution >= 4 is 28.6 Å². The lowest BCUT2D eigenvalue weighted by atomic mass is 9.78. The number of benzene rings is 1. The van der Waals surface area contributed by atoms with E-state index in [2.05, 4.69) is 53.3 Å². The highest BCUT2D eigenvalue weighted by atomic mass is 32.1. The summed E-state index contributed by atoms with van der Waals surface area (Å²) in [4.78, 5) is 13.4. The highest BCUT2D eigenvalue weighted by Crippen LogP contribution is 2.51. The van der Waals surface area contributed by atoms with E-state index in [-0.39, 0.29) is 5.91 Å². The van der Waals surface area contributed by atoms with Gasteiger partial charge in [0.15, 0.2) is 0 Å². The van der Waals surface area contributed by atoms with Crippen molar-refractivity contribution in [1.29, 1.82) is 0 Å². The zero-order valence-corrected chi connectivity index (χ0v) is 15.5. The third-order valence-corrected chi connectivity index (χ3v) is 6.41. The predicted octanol–water partition coefficient (Wildman–Crippen LogP) is 5.62. The predicted molar refractivity (Wildman–Crippen MR) is 105 cm³/mol. The van der Waals surface area contributed by atoms with Gasteiger partial charge < -0.3 is 10.6 Å². The van der Waals surface area contributed by atoms with Crippen molar-refractivity contribution in [2.24, 2.45) is 5.92 Å². The first-order chi connectivity index (χ1) is 12.2. The molecule has 4 heteroatoms. The second-order valence-corrected chi connectivity index (χ2v) is 7.99. The van der Waals surface area contributed by atoms with E-state index in [1.807, 2.05) is 24.3 Å². The molecule has 0 bridgehead atoms. The van der Waals surface area contributed by atoms with E-state index in [4.69, 9.17) is 0 Å². The molecule has 4 rings (SSSR count). The highest BCUT2D eigenvalue weighted by Gasteiger charge is 2.38.